The number of hydrogen-bond acceptors (Lipinski definition) is 6. The second-order valence-corrected chi connectivity index (χ2v) is 8.11. The van der Waals surface area contributed by atoms with Gasteiger partial charge in [-0.15, -0.1) is 0 Å². The van der Waals surface area contributed by atoms with Crippen LogP contribution in [-0.4, -0.2) is 40.5 Å². The van der Waals surface area contributed by atoms with Crippen LogP contribution in [0.25, 0.3) is 22.3 Å². The smallest absolute Gasteiger partial charge is 0.315 e. The number of fused-ring (bicyclic) bond motifs is 1. The Morgan fingerprint density at radius 2 is 1.75 bits per heavy atom. The molecular weight excluding hydrogens is 492 g/mol. The van der Waals surface area contributed by atoms with Crippen LogP contribution in [0.15, 0.2) is 55.0 Å². The topological polar surface area (TPSA) is 115 Å². The van der Waals surface area contributed by atoms with E-state index in [9.17, 15) is 13.6 Å². The summed E-state index contributed by atoms with van der Waals surface area (Å²) in [6.45, 7) is 1.72. The molecule has 0 bridgehead atoms. The van der Waals surface area contributed by atoms with Crippen LogP contribution in [0.5, 0.6) is 0 Å². The quantitative estimate of drug-likeness (QED) is 0.361. The van der Waals surface area contributed by atoms with E-state index in [1.54, 1.807) is 37.4 Å². The molecule has 0 saturated heterocycles. The monoisotopic (exact) mass is 509 g/mol. The van der Waals surface area contributed by atoms with E-state index < -0.39 is 17.7 Å². The predicted octanol–water partition coefficient (Wildman–Crippen LogP) is 3.64. The second-order valence-electron chi connectivity index (χ2n) is 7.71. The third kappa shape index (κ3) is 4.70. The molecule has 10 nitrogen and oxygen atoms in total. The van der Waals surface area contributed by atoms with Crippen molar-refractivity contribution in [1.29, 1.82) is 0 Å². The molecule has 0 aliphatic rings. The predicted molar refractivity (Wildman–Crippen MR) is 127 cm³/mol. The van der Waals surface area contributed by atoms with Crippen molar-refractivity contribution in [2.75, 3.05) is 0 Å². The Hall–Kier alpha value is -4.45. The van der Waals surface area contributed by atoms with Crippen molar-refractivity contribution in [2.24, 2.45) is 0 Å². The zero-order chi connectivity index (χ0) is 25.2. The van der Waals surface area contributed by atoms with Gasteiger partial charge in [0.1, 0.15) is 23.8 Å². The number of aryl methyl sites for hydroxylation is 1. The van der Waals surface area contributed by atoms with Gasteiger partial charge in [-0.1, -0.05) is 11.6 Å². The molecule has 5 rings (SSSR count). The van der Waals surface area contributed by atoms with Crippen molar-refractivity contribution in [1.82, 2.24) is 45.1 Å². The van der Waals surface area contributed by atoms with Gasteiger partial charge in [-0.2, -0.15) is 10.2 Å². The normalized spacial score (nSPS) is 11.1. The number of carbonyl (C=O) groups excluding carboxylic acids is 1. The molecule has 0 aliphatic heterocycles. The number of urea groups is 1. The zero-order valence-electron chi connectivity index (χ0n) is 18.8. The summed E-state index contributed by atoms with van der Waals surface area (Å²) in [5.74, 6) is 0.197. The fourth-order valence-corrected chi connectivity index (χ4v) is 3.74. The van der Waals surface area contributed by atoms with Gasteiger partial charge < -0.3 is 10.6 Å². The molecule has 0 saturated carbocycles. The number of nitrogens with zero attached hydrogens (tertiary/aromatic N) is 7. The molecule has 2 amide bonds. The van der Waals surface area contributed by atoms with Gasteiger partial charge >= 0.3 is 6.03 Å². The first-order valence-corrected chi connectivity index (χ1v) is 11.1. The highest BCUT2D eigenvalue weighted by atomic mass is 35.5. The Morgan fingerprint density at radius 1 is 0.972 bits per heavy atom. The SMILES string of the molecule is Cc1nc(CNC(=O)NCc2ncnn2-c2cc(F)c3cccnc3c2)n(-c2ccc(Cl)c(F)c2)n1. The summed E-state index contributed by atoms with van der Waals surface area (Å²) in [4.78, 5) is 25.1. The van der Waals surface area contributed by atoms with E-state index in [0.29, 0.717) is 39.8 Å². The fraction of sp³-hybridized carbons (Fsp3) is 0.130. The minimum Gasteiger partial charge on any atom is -0.331 e. The van der Waals surface area contributed by atoms with Gasteiger partial charge in [0.25, 0.3) is 0 Å². The van der Waals surface area contributed by atoms with E-state index in [-0.39, 0.29) is 18.1 Å². The van der Waals surface area contributed by atoms with Gasteiger partial charge in [0, 0.05) is 23.7 Å². The first-order chi connectivity index (χ1) is 17.4. The Morgan fingerprint density at radius 3 is 2.56 bits per heavy atom. The lowest BCUT2D eigenvalue weighted by atomic mass is 10.2. The van der Waals surface area contributed by atoms with Crippen LogP contribution in [0.1, 0.15) is 17.5 Å². The molecular formula is C23H18ClF2N9O. The minimum atomic E-state index is -0.592. The van der Waals surface area contributed by atoms with Gasteiger partial charge in [0.2, 0.25) is 0 Å². The molecule has 2 N–H and O–H groups in total. The van der Waals surface area contributed by atoms with Gasteiger partial charge in [0.05, 0.1) is 35.0 Å². The van der Waals surface area contributed by atoms with Crippen LogP contribution < -0.4 is 10.6 Å². The minimum absolute atomic E-state index is 0.00909. The molecule has 0 fully saturated rings. The lowest BCUT2D eigenvalue weighted by molar-refractivity contribution is 0.239. The number of nitrogens with one attached hydrogen (secondary N) is 2. The summed E-state index contributed by atoms with van der Waals surface area (Å²) in [5.41, 5.74) is 1.31. The highest BCUT2D eigenvalue weighted by Gasteiger charge is 2.14. The van der Waals surface area contributed by atoms with Crippen molar-refractivity contribution in [3.8, 4) is 11.4 Å². The molecule has 5 aromatic rings. The second kappa shape index (κ2) is 9.66. The molecule has 0 radical (unpaired) electrons. The number of rotatable bonds is 6. The summed E-state index contributed by atoms with van der Waals surface area (Å²) in [6, 6.07) is 10.1. The molecule has 0 aliphatic carbocycles. The van der Waals surface area contributed by atoms with E-state index >= 15 is 0 Å². The standard InChI is InChI=1S/C23H18ClF2N9O/c1-13-32-22(35(33-13)14-4-5-17(24)19(26)7-14)11-29-23(36)28-10-21-30-12-31-34(21)15-8-18(25)16-3-2-6-27-20(16)9-15/h2-9,12H,10-11H2,1H3,(H2,28,29,36). The molecule has 13 heteroatoms. The number of hydrogen-bond donors (Lipinski definition) is 2. The number of aromatic nitrogens is 7. The van der Waals surface area contributed by atoms with E-state index in [0.717, 1.165) is 0 Å². The molecule has 3 heterocycles. The molecule has 182 valence electrons. The molecule has 2 aromatic carbocycles. The average molecular weight is 510 g/mol. The molecule has 3 aromatic heterocycles. The van der Waals surface area contributed by atoms with Crippen LogP contribution in [0.4, 0.5) is 13.6 Å². The lowest BCUT2D eigenvalue weighted by Gasteiger charge is -2.10. The molecule has 36 heavy (non-hydrogen) atoms. The largest absolute Gasteiger partial charge is 0.331 e. The Balaban J connectivity index is 1.26. The van der Waals surface area contributed by atoms with Crippen molar-refractivity contribution < 1.29 is 13.6 Å². The first-order valence-electron chi connectivity index (χ1n) is 10.7. The summed E-state index contributed by atoms with van der Waals surface area (Å²) in [6.07, 6.45) is 2.89. The maximum Gasteiger partial charge on any atom is 0.315 e. The van der Waals surface area contributed by atoms with Gasteiger partial charge in [0.15, 0.2) is 11.6 Å². The summed E-state index contributed by atoms with van der Waals surface area (Å²) >= 11 is 5.76. The third-order valence-corrected chi connectivity index (χ3v) is 5.57. The number of halogens is 3. The highest BCUT2D eigenvalue weighted by Crippen LogP contribution is 2.21. The maximum atomic E-state index is 14.5. The zero-order valence-corrected chi connectivity index (χ0v) is 19.5. The third-order valence-electron chi connectivity index (χ3n) is 5.26. The van der Waals surface area contributed by atoms with Crippen LogP contribution in [0.2, 0.25) is 5.02 Å². The van der Waals surface area contributed by atoms with Crippen LogP contribution in [0, 0.1) is 18.6 Å². The van der Waals surface area contributed by atoms with Crippen LogP contribution in [0.3, 0.4) is 0 Å². The Kier molecular flexibility index (Phi) is 6.25. The summed E-state index contributed by atoms with van der Waals surface area (Å²) in [7, 11) is 0. The average Bonchev–Trinajstić information content (AvgIpc) is 3.49. The Labute approximate surface area is 208 Å². The lowest BCUT2D eigenvalue weighted by Crippen LogP contribution is -2.36. The van der Waals surface area contributed by atoms with Crippen molar-refractivity contribution >= 4 is 28.5 Å². The molecule has 0 spiro atoms. The molecule has 0 atom stereocenters. The van der Waals surface area contributed by atoms with E-state index in [1.165, 1.54) is 33.9 Å². The van der Waals surface area contributed by atoms with Crippen molar-refractivity contribution in [3.63, 3.8) is 0 Å². The first kappa shape index (κ1) is 23.3. The van der Waals surface area contributed by atoms with E-state index in [2.05, 4.69) is 35.8 Å². The van der Waals surface area contributed by atoms with Crippen molar-refractivity contribution in [3.05, 3.63) is 89.1 Å². The van der Waals surface area contributed by atoms with Gasteiger partial charge in [-0.05, 0) is 37.3 Å². The highest BCUT2D eigenvalue weighted by molar-refractivity contribution is 6.30. The number of carbonyl (C=O) groups is 1. The van der Waals surface area contributed by atoms with Gasteiger partial charge in [-0.25, -0.2) is 32.9 Å². The summed E-state index contributed by atoms with van der Waals surface area (Å²) < 4.78 is 31.3. The number of pyridine rings is 1. The van der Waals surface area contributed by atoms with Crippen LogP contribution >= 0.6 is 11.6 Å². The number of benzene rings is 2. The van der Waals surface area contributed by atoms with Crippen LogP contribution in [-0.2, 0) is 13.1 Å². The number of amides is 2. The Bertz CT molecular complexity index is 1580. The maximum absolute atomic E-state index is 14.5. The van der Waals surface area contributed by atoms with Crippen molar-refractivity contribution in [2.45, 2.75) is 20.0 Å². The van der Waals surface area contributed by atoms with Gasteiger partial charge in [-0.3, -0.25) is 4.98 Å². The molecule has 0 unspecified atom stereocenters. The van der Waals surface area contributed by atoms with E-state index in [4.69, 9.17) is 11.6 Å². The van der Waals surface area contributed by atoms with E-state index in [1.807, 2.05) is 0 Å². The summed E-state index contributed by atoms with van der Waals surface area (Å²) in [5, 5.41) is 14.2. The fourth-order valence-electron chi connectivity index (χ4n) is 3.63.